The van der Waals surface area contributed by atoms with Crippen molar-refractivity contribution in [2.24, 2.45) is 5.92 Å². The summed E-state index contributed by atoms with van der Waals surface area (Å²) in [6.07, 6.45) is 0.825. The van der Waals surface area contributed by atoms with Gasteiger partial charge in [0, 0.05) is 12.1 Å². The quantitative estimate of drug-likeness (QED) is 0.485. The van der Waals surface area contributed by atoms with Crippen molar-refractivity contribution in [1.29, 1.82) is 0 Å². The number of carbonyl (C=O) groups excluding carboxylic acids is 1. The Morgan fingerprint density at radius 1 is 1.09 bits per heavy atom. The first kappa shape index (κ1) is 24.8. The van der Waals surface area contributed by atoms with Gasteiger partial charge in [-0.1, -0.05) is 49.7 Å². The fourth-order valence-electron chi connectivity index (χ4n) is 3.70. The molecule has 7 heteroatoms. The van der Waals surface area contributed by atoms with Crippen molar-refractivity contribution in [3.05, 3.63) is 69.7 Å². The number of aromatic nitrogens is 2. The lowest BCUT2D eigenvalue weighted by Gasteiger charge is -2.34. The second-order valence-electron chi connectivity index (χ2n) is 9.81. The molecule has 2 aromatic carbocycles. The van der Waals surface area contributed by atoms with Crippen molar-refractivity contribution in [2.45, 2.75) is 59.5 Å². The number of hydrogen-bond acceptors (Lipinski definition) is 3. The van der Waals surface area contributed by atoms with E-state index < -0.39 is 11.6 Å². The van der Waals surface area contributed by atoms with Crippen molar-refractivity contribution < 1.29 is 4.79 Å². The van der Waals surface area contributed by atoms with Crippen LogP contribution in [0.25, 0.3) is 16.6 Å². The number of fused-ring (bicyclic) bond motifs is 1. The van der Waals surface area contributed by atoms with Gasteiger partial charge in [0.15, 0.2) is 0 Å². The van der Waals surface area contributed by atoms with Crippen LogP contribution in [-0.4, -0.2) is 32.6 Å². The average Bonchev–Trinajstić information content (AvgIpc) is 2.73. The van der Waals surface area contributed by atoms with E-state index >= 15 is 0 Å². The number of nitrogens with one attached hydrogen (secondary N) is 1. The first-order valence-electron chi connectivity index (χ1n) is 11.3. The van der Waals surface area contributed by atoms with E-state index in [0.29, 0.717) is 39.9 Å². The maximum atomic E-state index is 13.6. The highest BCUT2D eigenvalue weighted by Crippen LogP contribution is 2.27. The molecule has 3 aromatic rings. The molecule has 0 aliphatic heterocycles. The molecule has 1 atom stereocenters. The highest BCUT2D eigenvalue weighted by atomic mass is 35.5. The zero-order chi connectivity index (χ0) is 24.3. The molecule has 0 saturated carbocycles. The zero-order valence-corrected chi connectivity index (χ0v) is 21.0. The van der Waals surface area contributed by atoms with Gasteiger partial charge in [-0.05, 0) is 64.3 Å². The lowest BCUT2D eigenvalue weighted by molar-refractivity contribution is 0.163. The number of carbonyl (C=O) groups is 1. The Bertz CT molecular complexity index is 1200. The third-order valence-corrected chi connectivity index (χ3v) is 5.75. The summed E-state index contributed by atoms with van der Waals surface area (Å²) in [5.41, 5.74) is 0.527. The largest absolute Gasteiger partial charge is 0.333 e. The van der Waals surface area contributed by atoms with E-state index in [1.807, 2.05) is 58.0 Å². The van der Waals surface area contributed by atoms with Crippen LogP contribution >= 0.6 is 11.6 Å². The smallest absolute Gasteiger partial charge is 0.318 e. The van der Waals surface area contributed by atoms with Gasteiger partial charge in [-0.15, -0.1) is 0 Å². The third-order valence-electron chi connectivity index (χ3n) is 5.43. The summed E-state index contributed by atoms with van der Waals surface area (Å²) < 4.78 is 1.54. The SMILES string of the molecule is CC(C)CCN(C(=O)NC(C)(C)C)C(C)c1nc2ccccc2c(=O)n1-c1ccccc1Cl. The van der Waals surface area contributed by atoms with Crippen LogP contribution in [0.3, 0.4) is 0 Å². The Morgan fingerprint density at radius 2 is 1.73 bits per heavy atom. The molecule has 0 fully saturated rings. The lowest BCUT2D eigenvalue weighted by atomic mass is 10.1. The summed E-state index contributed by atoms with van der Waals surface area (Å²) in [4.78, 5) is 33.6. The molecule has 176 valence electrons. The molecule has 0 aliphatic rings. The summed E-state index contributed by atoms with van der Waals surface area (Å²) in [6.45, 7) is 12.5. The van der Waals surface area contributed by atoms with Crippen LogP contribution in [0, 0.1) is 5.92 Å². The Morgan fingerprint density at radius 3 is 2.36 bits per heavy atom. The summed E-state index contributed by atoms with van der Waals surface area (Å²) in [5, 5.41) is 4.01. The van der Waals surface area contributed by atoms with Crippen LogP contribution < -0.4 is 10.9 Å². The molecular weight excluding hydrogens is 436 g/mol. The third kappa shape index (κ3) is 5.74. The summed E-state index contributed by atoms with van der Waals surface area (Å²) in [5.74, 6) is 0.886. The maximum Gasteiger partial charge on any atom is 0.318 e. The predicted octanol–water partition coefficient (Wildman–Crippen LogP) is 5.96. The molecule has 0 saturated heterocycles. The molecule has 0 bridgehead atoms. The molecule has 3 rings (SSSR count). The highest BCUT2D eigenvalue weighted by Gasteiger charge is 2.29. The van der Waals surface area contributed by atoms with Crippen molar-refractivity contribution in [3.8, 4) is 5.69 Å². The Labute approximate surface area is 200 Å². The minimum atomic E-state index is -0.473. The van der Waals surface area contributed by atoms with Gasteiger partial charge >= 0.3 is 6.03 Å². The number of halogens is 1. The molecule has 0 spiro atoms. The second-order valence-corrected chi connectivity index (χ2v) is 10.2. The van der Waals surface area contributed by atoms with Crippen LogP contribution in [0.1, 0.15) is 59.8 Å². The fraction of sp³-hybridized carbons (Fsp3) is 0.423. The van der Waals surface area contributed by atoms with Crippen LogP contribution in [0.4, 0.5) is 4.79 Å². The maximum absolute atomic E-state index is 13.6. The van der Waals surface area contributed by atoms with E-state index in [-0.39, 0.29) is 11.6 Å². The molecule has 0 aliphatic carbocycles. The number of urea groups is 1. The number of amides is 2. The van der Waals surface area contributed by atoms with E-state index in [2.05, 4.69) is 19.2 Å². The van der Waals surface area contributed by atoms with E-state index in [1.165, 1.54) is 0 Å². The Hall–Kier alpha value is -2.86. The average molecular weight is 469 g/mol. The molecule has 33 heavy (non-hydrogen) atoms. The van der Waals surface area contributed by atoms with Gasteiger partial charge in [0.1, 0.15) is 5.82 Å². The number of rotatable bonds is 6. The molecule has 1 heterocycles. The highest BCUT2D eigenvalue weighted by molar-refractivity contribution is 6.32. The van der Waals surface area contributed by atoms with E-state index in [9.17, 15) is 9.59 Å². The van der Waals surface area contributed by atoms with Gasteiger partial charge in [0.2, 0.25) is 0 Å². The molecule has 1 N–H and O–H groups in total. The van der Waals surface area contributed by atoms with E-state index in [1.54, 1.807) is 27.7 Å². The topological polar surface area (TPSA) is 67.2 Å². The van der Waals surface area contributed by atoms with Crippen molar-refractivity contribution >= 4 is 28.5 Å². The van der Waals surface area contributed by atoms with Crippen LogP contribution in [0.15, 0.2) is 53.3 Å². The molecule has 1 unspecified atom stereocenters. The number of benzene rings is 2. The van der Waals surface area contributed by atoms with Crippen molar-refractivity contribution in [3.63, 3.8) is 0 Å². The van der Waals surface area contributed by atoms with Gasteiger partial charge in [0.25, 0.3) is 5.56 Å². The van der Waals surface area contributed by atoms with Gasteiger partial charge in [-0.25, -0.2) is 9.78 Å². The zero-order valence-electron chi connectivity index (χ0n) is 20.2. The van der Waals surface area contributed by atoms with Gasteiger partial charge in [-0.3, -0.25) is 9.36 Å². The van der Waals surface area contributed by atoms with Crippen molar-refractivity contribution in [2.75, 3.05) is 6.54 Å². The molecule has 6 nitrogen and oxygen atoms in total. The predicted molar refractivity (Wildman–Crippen MR) is 135 cm³/mol. The molecular formula is C26H33ClN4O2. The van der Waals surface area contributed by atoms with Gasteiger partial charge in [-0.2, -0.15) is 0 Å². The molecule has 2 amide bonds. The molecule has 0 radical (unpaired) electrons. The summed E-state index contributed by atoms with van der Waals surface area (Å²) in [7, 11) is 0. The van der Waals surface area contributed by atoms with Gasteiger partial charge in [0.05, 0.1) is 27.7 Å². The van der Waals surface area contributed by atoms with Gasteiger partial charge < -0.3 is 10.2 Å². The number of para-hydroxylation sites is 2. The first-order valence-corrected chi connectivity index (χ1v) is 11.7. The summed E-state index contributed by atoms with van der Waals surface area (Å²) >= 11 is 6.51. The first-order chi connectivity index (χ1) is 15.5. The monoisotopic (exact) mass is 468 g/mol. The molecule has 1 aromatic heterocycles. The van der Waals surface area contributed by atoms with E-state index in [0.717, 1.165) is 6.42 Å². The number of hydrogen-bond donors (Lipinski definition) is 1. The standard InChI is InChI=1S/C26H33ClN4O2/c1-17(2)15-16-30(25(33)29-26(4,5)6)18(3)23-28-21-13-9-7-11-19(21)24(32)31(23)22-14-10-8-12-20(22)27/h7-14,17-18H,15-16H2,1-6H3,(H,29,33). The summed E-state index contributed by atoms with van der Waals surface area (Å²) in [6, 6.07) is 13.8. The normalized spacial score (nSPS) is 12.7. The van der Waals surface area contributed by atoms with E-state index in [4.69, 9.17) is 16.6 Å². The second kappa shape index (κ2) is 9.96. The minimum absolute atomic E-state index is 0.191. The van der Waals surface area contributed by atoms with Crippen molar-refractivity contribution in [1.82, 2.24) is 19.8 Å². The van der Waals surface area contributed by atoms with Crippen LogP contribution in [0.5, 0.6) is 0 Å². The van der Waals surface area contributed by atoms with Crippen LogP contribution in [0.2, 0.25) is 5.02 Å². The fourth-order valence-corrected chi connectivity index (χ4v) is 3.92. The Balaban J connectivity index is 2.22. The number of nitrogens with zero attached hydrogens (tertiary/aromatic N) is 3. The lowest BCUT2D eigenvalue weighted by Crippen LogP contribution is -2.50. The van der Waals surface area contributed by atoms with Crippen LogP contribution in [-0.2, 0) is 0 Å². The Kier molecular flexibility index (Phi) is 7.48. The minimum Gasteiger partial charge on any atom is -0.333 e.